The Balaban J connectivity index is 1.52. The first-order chi connectivity index (χ1) is 16.0. The van der Waals surface area contributed by atoms with E-state index >= 15 is 0 Å². The van der Waals surface area contributed by atoms with Gasteiger partial charge in [0.1, 0.15) is 0 Å². The summed E-state index contributed by atoms with van der Waals surface area (Å²) in [6.45, 7) is 4.10. The van der Waals surface area contributed by atoms with Crippen LogP contribution in [0.5, 0.6) is 0 Å². The average Bonchev–Trinajstić information content (AvgIpc) is 3.24. The molecule has 4 aromatic rings. The SMILES string of the molecule is Cc1ccc(-c2nnc(SCC(=O)NN=Cc3ccccc3Br)n2-c2ccc(C)cc2)cc1. The molecule has 33 heavy (non-hydrogen) atoms. The molecule has 0 aliphatic rings. The zero-order chi connectivity index (χ0) is 23.2. The van der Waals surface area contributed by atoms with Crippen LogP contribution in [0.25, 0.3) is 17.1 Å². The molecule has 0 spiro atoms. The molecule has 0 fully saturated rings. The molecule has 1 aromatic heterocycles. The molecule has 0 bridgehead atoms. The van der Waals surface area contributed by atoms with E-state index in [1.807, 2.05) is 91.2 Å². The number of aryl methyl sites for hydroxylation is 2. The molecule has 0 saturated heterocycles. The van der Waals surface area contributed by atoms with Gasteiger partial charge in [-0.1, -0.05) is 93.4 Å². The number of benzene rings is 3. The summed E-state index contributed by atoms with van der Waals surface area (Å²) in [7, 11) is 0. The van der Waals surface area contributed by atoms with Gasteiger partial charge in [-0.05, 0) is 32.0 Å². The van der Waals surface area contributed by atoms with E-state index in [0.717, 1.165) is 27.1 Å². The highest BCUT2D eigenvalue weighted by molar-refractivity contribution is 9.10. The van der Waals surface area contributed by atoms with E-state index < -0.39 is 0 Å². The summed E-state index contributed by atoms with van der Waals surface area (Å²) in [6, 6.07) is 24.0. The number of carbonyl (C=O) groups excluding carboxylic acids is 1. The number of hydrazone groups is 1. The minimum absolute atomic E-state index is 0.158. The molecule has 0 unspecified atom stereocenters. The molecule has 1 heterocycles. The fourth-order valence-electron chi connectivity index (χ4n) is 3.10. The van der Waals surface area contributed by atoms with Crippen LogP contribution in [0.2, 0.25) is 0 Å². The van der Waals surface area contributed by atoms with Crippen molar-refractivity contribution in [3.63, 3.8) is 0 Å². The summed E-state index contributed by atoms with van der Waals surface area (Å²) >= 11 is 4.78. The zero-order valence-electron chi connectivity index (χ0n) is 18.2. The van der Waals surface area contributed by atoms with Crippen molar-refractivity contribution in [3.8, 4) is 17.1 Å². The van der Waals surface area contributed by atoms with Gasteiger partial charge in [-0.15, -0.1) is 10.2 Å². The number of hydrogen-bond donors (Lipinski definition) is 1. The second-order valence-corrected chi connectivity index (χ2v) is 9.24. The monoisotopic (exact) mass is 519 g/mol. The number of nitrogens with one attached hydrogen (secondary N) is 1. The lowest BCUT2D eigenvalue weighted by Gasteiger charge is -2.11. The Morgan fingerprint density at radius 1 is 1.00 bits per heavy atom. The number of rotatable bonds is 7. The maximum Gasteiger partial charge on any atom is 0.250 e. The van der Waals surface area contributed by atoms with Crippen LogP contribution in [0.3, 0.4) is 0 Å². The zero-order valence-corrected chi connectivity index (χ0v) is 20.6. The van der Waals surface area contributed by atoms with Gasteiger partial charge in [0.05, 0.1) is 12.0 Å². The lowest BCUT2D eigenvalue weighted by atomic mass is 10.1. The van der Waals surface area contributed by atoms with Gasteiger partial charge >= 0.3 is 0 Å². The van der Waals surface area contributed by atoms with Crippen LogP contribution in [0.4, 0.5) is 0 Å². The van der Waals surface area contributed by atoms with Gasteiger partial charge in [0.25, 0.3) is 5.91 Å². The van der Waals surface area contributed by atoms with E-state index in [1.165, 1.54) is 22.9 Å². The van der Waals surface area contributed by atoms with Crippen molar-refractivity contribution in [3.05, 3.63) is 94.0 Å². The summed E-state index contributed by atoms with van der Waals surface area (Å²) in [5, 5.41) is 13.5. The van der Waals surface area contributed by atoms with Crippen LogP contribution in [0, 0.1) is 13.8 Å². The van der Waals surface area contributed by atoms with E-state index in [-0.39, 0.29) is 11.7 Å². The molecule has 166 valence electrons. The minimum atomic E-state index is -0.223. The second-order valence-electron chi connectivity index (χ2n) is 7.45. The van der Waals surface area contributed by atoms with Crippen LogP contribution in [-0.4, -0.2) is 32.6 Å². The Hall–Kier alpha value is -3.23. The predicted molar refractivity (Wildman–Crippen MR) is 137 cm³/mol. The normalized spacial score (nSPS) is 11.1. The van der Waals surface area contributed by atoms with E-state index in [0.29, 0.717) is 5.16 Å². The third kappa shape index (κ3) is 5.77. The average molecular weight is 520 g/mol. The van der Waals surface area contributed by atoms with Crippen LogP contribution in [0.1, 0.15) is 16.7 Å². The lowest BCUT2D eigenvalue weighted by molar-refractivity contribution is -0.118. The first kappa shape index (κ1) is 22.9. The fourth-order valence-corrected chi connectivity index (χ4v) is 4.23. The van der Waals surface area contributed by atoms with Crippen molar-refractivity contribution < 1.29 is 4.79 Å². The quantitative estimate of drug-likeness (QED) is 0.197. The van der Waals surface area contributed by atoms with Gasteiger partial charge in [0.15, 0.2) is 11.0 Å². The number of amides is 1. The van der Waals surface area contributed by atoms with Crippen molar-refractivity contribution in [2.75, 3.05) is 5.75 Å². The van der Waals surface area contributed by atoms with E-state index in [1.54, 1.807) is 6.21 Å². The van der Waals surface area contributed by atoms with Gasteiger partial charge in [0, 0.05) is 21.3 Å². The predicted octanol–water partition coefficient (Wildman–Crippen LogP) is 5.56. The van der Waals surface area contributed by atoms with Gasteiger partial charge in [-0.3, -0.25) is 9.36 Å². The molecular weight excluding hydrogens is 498 g/mol. The molecule has 1 amide bonds. The van der Waals surface area contributed by atoms with Crippen LogP contribution in [-0.2, 0) is 4.79 Å². The third-order valence-electron chi connectivity index (χ3n) is 4.87. The Bertz CT molecular complexity index is 1280. The van der Waals surface area contributed by atoms with E-state index in [4.69, 9.17) is 0 Å². The van der Waals surface area contributed by atoms with Gasteiger partial charge in [-0.2, -0.15) is 5.10 Å². The topological polar surface area (TPSA) is 72.2 Å². The molecule has 1 N–H and O–H groups in total. The highest BCUT2D eigenvalue weighted by atomic mass is 79.9. The lowest BCUT2D eigenvalue weighted by Crippen LogP contribution is -2.20. The summed E-state index contributed by atoms with van der Waals surface area (Å²) in [4.78, 5) is 12.4. The van der Waals surface area contributed by atoms with Crippen molar-refractivity contribution in [1.82, 2.24) is 20.2 Å². The smallest absolute Gasteiger partial charge is 0.250 e. The summed E-state index contributed by atoms with van der Waals surface area (Å²) in [5.74, 6) is 0.665. The molecule has 0 aliphatic heterocycles. The Kier molecular flexibility index (Phi) is 7.36. The number of hydrogen-bond acceptors (Lipinski definition) is 5. The van der Waals surface area contributed by atoms with Crippen molar-refractivity contribution in [2.45, 2.75) is 19.0 Å². The molecule has 4 rings (SSSR count). The summed E-state index contributed by atoms with van der Waals surface area (Å²) in [5.41, 5.74) is 7.70. The Labute approximate surface area is 205 Å². The highest BCUT2D eigenvalue weighted by Gasteiger charge is 2.17. The molecule has 3 aromatic carbocycles. The molecule has 0 atom stereocenters. The summed E-state index contributed by atoms with van der Waals surface area (Å²) in [6.07, 6.45) is 1.61. The van der Waals surface area contributed by atoms with E-state index in [9.17, 15) is 4.79 Å². The van der Waals surface area contributed by atoms with Crippen molar-refractivity contribution >= 4 is 39.8 Å². The molecule has 6 nitrogen and oxygen atoms in total. The largest absolute Gasteiger partial charge is 0.272 e. The summed E-state index contributed by atoms with van der Waals surface area (Å²) < 4.78 is 2.89. The molecule has 0 aliphatic carbocycles. The van der Waals surface area contributed by atoms with Crippen molar-refractivity contribution in [2.24, 2.45) is 5.10 Å². The number of nitrogens with zero attached hydrogens (tertiary/aromatic N) is 4. The van der Waals surface area contributed by atoms with Crippen LogP contribution in [0.15, 0.2) is 87.5 Å². The third-order valence-corrected chi connectivity index (χ3v) is 6.52. The molecule has 0 radical (unpaired) electrons. The number of halogens is 1. The molecular formula is C25H22BrN5OS. The standard InChI is InChI=1S/C25H22BrN5OS/c1-17-7-11-19(12-8-17)24-29-30-25(31(24)21-13-9-18(2)10-14-21)33-16-23(32)28-27-15-20-5-3-4-6-22(20)26/h3-15H,16H2,1-2H3,(H,28,32). The number of aromatic nitrogens is 3. The van der Waals surface area contributed by atoms with Gasteiger partial charge in [-0.25, -0.2) is 5.43 Å². The van der Waals surface area contributed by atoms with E-state index in [2.05, 4.69) is 36.7 Å². The molecule has 0 saturated carbocycles. The van der Waals surface area contributed by atoms with Crippen LogP contribution < -0.4 is 5.43 Å². The number of thioether (sulfide) groups is 1. The first-order valence-corrected chi connectivity index (χ1v) is 12.1. The second kappa shape index (κ2) is 10.6. The fraction of sp³-hybridized carbons (Fsp3) is 0.120. The first-order valence-electron chi connectivity index (χ1n) is 10.3. The van der Waals surface area contributed by atoms with Crippen LogP contribution >= 0.6 is 27.7 Å². The minimum Gasteiger partial charge on any atom is -0.272 e. The van der Waals surface area contributed by atoms with Gasteiger partial charge < -0.3 is 0 Å². The highest BCUT2D eigenvalue weighted by Crippen LogP contribution is 2.28. The Morgan fingerprint density at radius 3 is 2.36 bits per heavy atom. The van der Waals surface area contributed by atoms with Gasteiger partial charge in [0.2, 0.25) is 0 Å². The maximum atomic E-state index is 12.4. The molecule has 8 heteroatoms. The van der Waals surface area contributed by atoms with Crippen molar-refractivity contribution in [1.29, 1.82) is 0 Å². The maximum absolute atomic E-state index is 12.4. The Morgan fingerprint density at radius 2 is 1.67 bits per heavy atom. The number of carbonyl (C=O) groups is 1.